The van der Waals surface area contributed by atoms with Crippen molar-refractivity contribution in [2.45, 2.75) is 63.1 Å². The van der Waals surface area contributed by atoms with Crippen molar-refractivity contribution in [3.63, 3.8) is 0 Å². The van der Waals surface area contributed by atoms with E-state index in [4.69, 9.17) is 11.3 Å². The number of pyridine rings is 1. The van der Waals surface area contributed by atoms with Gasteiger partial charge in [-0.15, -0.1) is 0 Å². The number of benzene rings is 2. The Morgan fingerprint density at radius 3 is 2.48 bits per heavy atom. The zero-order chi connectivity index (χ0) is 30.1. The molecule has 1 aliphatic heterocycles. The zero-order valence-corrected chi connectivity index (χ0v) is 24.1. The van der Waals surface area contributed by atoms with Crippen LogP contribution in [0.3, 0.4) is 0 Å². The molecule has 0 spiro atoms. The van der Waals surface area contributed by atoms with Gasteiger partial charge in [0.15, 0.2) is 11.3 Å². The first-order valence-corrected chi connectivity index (χ1v) is 14.1. The average Bonchev–Trinajstić information content (AvgIpc) is 3.37. The highest BCUT2D eigenvalue weighted by molar-refractivity contribution is 5.82. The van der Waals surface area contributed by atoms with Gasteiger partial charge in [0.1, 0.15) is 11.6 Å². The van der Waals surface area contributed by atoms with Gasteiger partial charge in [-0.3, -0.25) is 0 Å². The third kappa shape index (κ3) is 5.82. The predicted molar refractivity (Wildman–Crippen MR) is 159 cm³/mol. The van der Waals surface area contributed by atoms with Gasteiger partial charge >= 0.3 is 6.18 Å². The van der Waals surface area contributed by atoms with Gasteiger partial charge in [0.25, 0.3) is 0 Å². The lowest BCUT2D eigenvalue weighted by Crippen LogP contribution is -2.51. The summed E-state index contributed by atoms with van der Waals surface area (Å²) in [5.74, 6) is 1.22. The van der Waals surface area contributed by atoms with Gasteiger partial charge < -0.3 is 19.7 Å². The minimum atomic E-state index is -4.90. The van der Waals surface area contributed by atoms with Crippen molar-refractivity contribution in [2.24, 2.45) is 0 Å². The number of nitrogens with one attached hydrogen (secondary N) is 1. The fourth-order valence-electron chi connectivity index (χ4n) is 6.10. The summed E-state index contributed by atoms with van der Waals surface area (Å²) < 4.78 is 49.6. The number of methoxy groups -OCH3 is 1. The fraction of sp³-hybridized carbons (Fsp3) is 0.394. The van der Waals surface area contributed by atoms with Crippen molar-refractivity contribution in [3.8, 4) is 16.9 Å². The summed E-state index contributed by atoms with van der Waals surface area (Å²) >= 11 is 0. The summed E-state index contributed by atoms with van der Waals surface area (Å²) in [6.07, 6.45) is -1.14. The van der Waals surface area contributed by atoms with Crippen molar-refractivity contribution in [2.75, 3.05) is 25.1 Å². The molecule has 3 heterocycles. The molecule has 4 aromatic rings. The number of alkyl halides is 3. The molecule has 0 bridgehead atoms. The van der Waals surface area contributed by atoms with Crippen LogP contribution >= 0.6 is 0 Å². The number of para-hydroxylation sites is 1. The van der Waals surface area contributed by atoms with E-state index in [1.807, 2.05) is 12.1 Å². The van der Waals surface area contributed by atoms with Gasteiger partial charge in [-0.05, 0) is 66.5 Å². The number of rotatable bonds is 8. The number of hydrogen-bond donors (Lipinski definition) is 2. The van der Waals surface area contributed by atoms with Gasteiger partial charge in [0.2, 0.25) is 0 Å². The molecule has 0 radical (unpaired) electrons. The summed E-state index contributed by atoms with van der Waals surface area (Å²) in [5, 5.41) is 12.1. The first-order chi connectivity index (χ1) is 19.9. The second-order valence-corrected chi connectivity index (χ2v) is 11.8. The Kier molecular flexibility index (Phi) is 7.95. The third-order valence-electron chi connectivity index (χ3n) is 8.24. The van der Waals surface area contributed by atoms with Crippen LogP contribution in [0.25, 0.3) is 26.9 Å². The first kappa shape index (κ1) is 29.5. The molecule has 42 heavy (non-hydrogen) atoms. The molecule has 2 aromatic carbocycles. The molecular weight excluding hydrogens is 541 g/mol. The first-order valence-electron chi connectivity index (χ1n) is 14.1. The van der Waals surface area contributed by atoms with Crippen molar-refractivity contribution >= 4 is 22.4 Å². The molecule has 2 N–H and O–H groups in total. The Morgan fingerprint density at radius 1 is 1.05 bits per heavy atom. The van der Waals surface area contributed by atoms with Crippen LogP contribution in [0.15, 0.2) is 60.8 Å². The van der Waals surface area contributed by atoms with Crippen LogP contribution in [0.5, 0.6) is 5.75 Å². The molecule has 5 rings (SSSR count). The van der Waals surface area contributed by atoms with Crippen molar-refractivity contribution < 1.29 is 23.0 Å². The number of fused-ring (bicyclic) bond motifs is 1. The Bertz CT molecular complexity index is 1620. The second kappa shape index (κ2) is 11.3. The van der Waals surface area contributed by atoms with Gasteiger partial charge in [-0.2, -0.15) is 13.2 Å². The van der Waals surface area contributed by atoms with E-state index in [0.717, 1.165) is 37.1 Å². The normalized spacial score (nSPS) is 15.8. The molecule has 1 saturated heterocycles. The van der Waals surface area contributed by atoms with Crippen LogP contribution in [0, 0.1) is 6.57 Å². The van der Waals surface area contributed by atoms with Crippen molar-refractivity contribution in [3.05, 3.63) is 83.5 Å². The number of aromatic amines is 1. The molecule has 0 saturated carbocycles. The zero-order valence-electron chi connectivity index (χ0n) is 24.1. The maximum Gasteiger partial charge on any atom is 0.417 e. The number of ether oxygens (including phenoxy) is 1. The van der Waals surface area contributed by atoms with Crippen LogP contribution < -0.4 is 9.64 Å². The quantitative estimate of drug-likeness (QED) is 0.209. The smallest absolute Gasteiger partial charge is 0.417 e. The summed E-state index contributed by atoms with van der Waals surface area (Å²) in [4.78, 5) is 13.4. The molecule has 0 amide bonds. The van der Waals surface area contributed by atoms with E-state index in [1.54, 1.807) is 62.5 Å². The molecule has 1 atom stereocenters. The number of piperidine rings is 1. The summed E-state index contributed by atoms with van der Waals surface area (Å²) in [6, 6.07) is 15.9. The largest absolute Gasteiger partial charge is 0.496 e. The van der Waals surface area contributed by atoms with Gasteiger partial charge in [0, 0.05) is 36.2 Å². The van der Waals surface area contributed by atoms with Crippen molar-refractivity contribution in [1.82, 2.24) is 9.97 Å². The van der Waals surface area contributed by atoms with E-state index in [9.17, 15) is 18.3 Å². The van der Waals surface area contributed by atoms with Crippen molar-refractivity contribution in [1.29, 1.82) is 0 Å². The number of halogens is 3. The predicted octanol–water partition coefficient (Wildman–Crippen LogP) is 7.98. The minimum Gasteiger partial charge on any atom is -0.496 e. The second-order valence-electron chi connectivity index (χ2n) is 11.8. The average molecular weight is 577 g/mol. The minimum absolute atomic E-state index is 0.282. The molecule has 220 valence electrons. The number of aliphatic hydroxyl groups is 1. The van der Waals surface area contributed by atoms with Gasteiger partial charge in [0.05, 0.1) is 25.4 Å². The highest BCUT2D eigenvalue weighted by atomic mass is 19.4. The summed E-state index contributed by atoms with van der Waals surface area (Å²) in [5.41, 5.74) is -0.967. The molecule has 2 aromatic heterocycles. The maximum atomic E-state index is 14.7. The topological polar surface area (TPSA) is 65.7 Å². The summed E-state index contributed by atoms with van der Waals surface area (Å²) in [7, 11) is 1.47. The van der Waals surface area contributed by atoms with Gasteiger partial charge in [-0.1, -0.05) is 44.2 Å². The monoisotopic (exact) mass is 576 g/mol. The van der Waals surface area contributed by atoms with Crippen LogP contribution in [-0.4, -0.2) is 47.1 Å². The van der Waals surface area contributed by atoms with E-state index < -0.39 is 30.0 Å². The number of H-pyrrole nitrogens is 1. The van der Waals surface area contributed by atoms with E-state index in [2.05, 4.69) is 19.7 Å². The lowest BCUT2D eigenvalue weighted by molar-refractivity contribution is -0.266. The van der Waals surface area contributed by atoms with E-state index >= 15 is 0 Å². The maximum absolute atomic E-state index is 14.7. The highest BCUT2D eigenvalue weighted by Crippen LogP contribution is 2.46. The van der Waals surface area contributed by atoms with Gasteiger partial charge in [-0.25, -0.2) is 9.83 Å². The molecule has 6 nitrogen and oxygen atoms in total. The van der Waals surface area contributed by atoms with Crippen LogP contribution in [-0.2, 0) is 11.8 Å². The van der Waals surface area contributed by atoms with Crippen LogP contribution in [0.4, 0.5) is 24.7 Å². The highest BCUT2D eigenvalue weighted by Gasteiger charge is 2.56. The number of nitrogens with zero attached hydrogens (tertiary/aromatic N) is 3. The lowest BCUT2D eigenvalue weighted by Gasteiger charge is -2.38. The standard InChI is InChI=1S/C33H35F3N4O2/c1-31(2,26-17-22(12-13-29(26)42-4)25-10-6-7-11-27(25)37-3)21-32(41,33(34,35)36)19-24-16-23-18-30(38-20-28(23)39-24)40-14-8-5-9-15-40/h6-7,10-13,16-18,20,39,41H,5,8-9,14-15,19,21H2,1-2,4H3. The third-order valence-corrected chi connectivity index (χ3v) is 8.24. The summed E-state index contributed by atoms with van der Waals surface area (Å²) in [6.45, 7) is 12.7. The van der Waals surface area contributed by atoms with E-state index in [1.165, 1.54) is 13.5 Å². The molecule has 1 aliphatic rings. The van der Waals surface area contributed by atoms with Crippen LogP contribution in [0.2, 0.25) is 0 Å². The number of hydrogen-bond acceptors (Lipinski definition) is 4. The SMILES string of the molecule is [C-]#[N+]c1ccccc1-c1ccc(OC)c(C(C)(C)CC(O)(Cc2cc3cc(N4CCCCC4)ncc3[nH]2)C(F)(F)F)c1. The fourth-order valence-corrected chi connectivity index (χ4v) is 6.10. The molecular formula is C33H35F3N4O2. The Hall–Kier alpha value is -4.03. The molecule has 1 unspecified atom stereocenters. The van der Waals surface area contributed by atoms with Crippen LogP contribution in [0.1, 0.15) is 50.8 Å². The molecule has 9 heteroatoms. The van der Waals surface area contributed by atoms with E-state index in [0.29, 0.717) is 33.6 Å². The Labute approximate surface area is 244 Å². The Morgan fingerprint density at radius 2 is 1.79 bits per heavy atom. The number of aromatic nitrogens is 2. The molecule has 1 fully saturated rings. The molecule has 0 aliphatic carbocycles. The Balaban J connectivity index is 1.47. The lowest BCUT2D eigenvalue weighted by atomic mass is 9.72. The number of anilines is 1. The van der Waals surface area contributed by atoms with E-state index in [-0.39, 0.29) is 5.69 Å².